The van der Waals surface area contributed by atoms with Gasteiger partial charge in [-0.15, -0.1) is 0 Å². The summed E-state index contributed by atoms with van der Waals surface area (Å²) < 4.78 is 0. The zero-order chi connectivity index (χ0) is 21.8. The van der Waals surface area contributed by atoms with Crippen molar-refractivity contribution in [2.75, 3.05) is 23.3 Å². The molecule has 2 rings (SSSR count). The molecule has 1 aromatic carbocycles. The summed E-state index contributed by atoms with van der Waals surface area (Å²) in [4.78, 5) is 42.5. The lowest BCUT2D eigenvalue weighted by atomic mass is 9.90. The molecule has 0 saturated heterocycles. The van der Waals surface area contributed by atoms with Gasteiger partial charge in [-0.1, -0.05) is 44.5 Å². The number of carboxylic acids is 1. The van der Waals surface area contributed by atoms with Crippen molar-refractivity contribution in [3.8, 4) is 0 Å². The number of Topliss-reactive ketones (excluding diaryl/α,β-unsaturated/α-hetero) is 1. The number of aromatic nitrogens is 1. The Bertz CT molecular complexity index is 938. The van der Waals surface area contributed by atoms with Crippen LogP contribution in [0, 0.1) is 5.41 Å². The van der Waals surface area contributed by atoms with Gasteiger partial charge in [0.1, 0.15) is 11.4 Å². The minimum absolute atomic E-state index is 0.0337. The first-order valence-corrected chi connectivity index (χ1v) is 9.49. The van der Waals surface area contributed by atoms with Gasteiger partial charge in [-0.05, 0) is 25.1 Å². The fraction of sp³-hybridized carbons (Fsp3) is 0.333. The van der Waals surface area contributed by atoms with Crippen molar-refractivity contribution in [2.45, 2.75) is 27.7 Å². The quantitative estimate of drug-likeness (QED) is 0.702. The van der Waals surface area contributed by atoms with E-state index in [0.717, 1.165) is 0 Å². The predicted molar refractivity (Wildman–Crippen MR) is 113 cm³/mol. The molecule has 0 aliphatic carbocycles. The van der Waals surface area contributed by atoms with E-state index in [2.05, 4.69) is 10.3 Å². The SMILES string of the molecule is CCN(CC(=O)C(C)(C)C)c1ncc(NC(=O)c2ccccc2Cl)cc1C(=O)O. The van der Waals surface area contributed by atoms with E-state index < -0.39 is 17.3 Å². The first-order chi connectivity index (χ1) is 13.5. The molecule has 0 spiro atoms. The highest BCUT2D eigenvalue weighted by Crippen LogP contribution is 2.24. The Morgan fingerprint density at radius 2 is 1.83 bits per heavy atom. The molecule has 0 saturated carbocycles. The summed E-state index contributed by atoms with van der Waals surface area (Å²) in [5.41, 5.74) is -0.180. The summed E-state index contributed by atoms with van der Waals surface area (Å²) in [6, 6.07) is 7.86. The number of nitrogens with zero attached hydrogens (tertiary/aromatic N) is 2. The molecule has 2 N–H and O–H groups in total. The molecule has 29 heavy (non-hydrogen) atoms. The molecule has 0 bridgehead atoms. The van der Waals surface area contributed by atoms with Crippen LogP contribution in [0.4, 0.5) is 11.5 Å². The number of amides is 1. The van der Waals surface area contributed by atoms with E-state index in [4.69, 9.17) is 11.6 Å². The van der Waals surface area contributed by atoms with Gasteiger partial charge in [0.2, 0.25) is 0 Å². The van der Waals surface area contributed by atoms with E-state index in [-0.39, 0.29) is 40.0 Å². The lowest BCUT2D eigenvalue weighted by molar-refractivity contribution is -0.124. The van der Waals surface area contributed by atoms with Crippen LogP contribution in [0.2, 0.25) is 5.02 Å². The molecule has 0 atom stereocenters. The lowest BCUT2D eigenvalue weighted by Crippen LogP contribution is -2.37. The normalized spacial score (nSPS) is 11.1. The molecule has 0 radical (unpaired) electrons. The van der Waals surface area contributed by atoms with Gasteiger partial charge >= 0.3 is 5.97 Å². The summed E-state index contributed by atoms with van der Waals surface area (Å²) in [5, 5.41) is 12.5. The number of pyridine rings is 1. The molecule has 8 heteroatoms. The van der Waals surface area contributed by atoms with Crippen molar-refractivity contribution in [2.24, 2.45) is 5.41 Å². The van der Waals surface area contributed by atoms with Gasteiger partial charge in [-0.3, -0.25) is 9.59 Å². The Labute approximate surface area is 174 Å². The number of hydrogen-bond donors (Lipinski definition) is 2. The van der Waals surface area contributed by atoms with Gasteiger partial charge in [0.25, 0.3) is 5.91 Å². The number of ketones is 1. The maximum atomic E-state index is 12.4. The highest BCUT2D eigenvalue weighted by Gasteiger charge is 2.26. The number of likely N-dealkylation sites (N-methyl/N-ethyl adjacent to an activating group) is 1. The number of carboxylic acid groups (broad SMARTS) is 1. The van der Waals surface area contributed by atoms with E-state index in [9.17, 15) is 19.5 Å². The standard InChI is InChI=1S/C21H24ClN3O4/c1-5-25(12-17(26)21(2,3)4)18-15(20(28)29)10-13(11-23-18)24-19(27)14-8-6-7-9-16(14)22/h6-11H,5,12H2,1-4H3,(H,24,27)(H,28,29). The molecule has 1 aromatic heterocycles. The zero-order valence-corrected chi connectivity index (χ0v) is 17.6. The number of benzene rings is 1. The summed E-state index contributed by atoms with van der Waals surface area (Å²) in [7, 11) is 0. The second kappa shape index (κ2) is 9.05. The molecule has 0 aliphatic heterocycles. The fourth-order valence-electron chi connectivity index (χ4n) is 2.53. The fourth-order valence-corrected chi connectivity index (χ4v) is 2.75. The lowest BCUT2D eigenvalue weighted by Gasteiger charge is -2.26. The monoisotopic (exact) mass is 417 g/mol. The number of anilines is 2. The number of halogens is 1. The van der Waals surface area contributed by atoms with Crippen LogP contribution in [0.1, 0.15) is 48.4 Å². The minimum atomic E-state index is -1.21. The Hall–Kier alpha value is -2.93. The van der Waals surface area contributed by atoms with Crippen LogP contribution in [-0.2, 0) is 4.79 Å². The third-order valence-corrected chi connectivity index (χ3v) is 4.66. The molecular formula is C21H24ClN3O4. The molecule has 1 heterocycles. The number of carbonyl (C=O) groups is 3. The molecule has 2 aromatic rings. The van der Waals surface area contributed by atoms with Crippen molar-refractivity contribution in [3.63, 3.8) is 0 Å². The molecule has 0 aliphatic rings. The highest BCUT2D eigenvalue weighted by atomic mass is 35.5. The Morgan fingerprint density at radius 1 is 1.17 bits per heavy atom. The van der Waals surface area contributed by atoms with Gasteiger partial charge in [0, 0.05) is 12.0 Å². The summed E-state index contributed by atoms with van der Waals surface area (Å²) in [5.74, 6) is -1.54. The molecular weight excluding hydrogens is 394 g/mol. The number of carbonyl (C=O) groups excluding carboxylic acids is 2. The Morgan fingerprint density at radius 3 is 2.38 bits per heavy atom. The average Bonchev–Trinajstić information content (AvgIpc) is 2.65. The number of nitrogens with one attached hydrogen (secondary N) is 1. The van der Waals surface area contributed by atoms with E-state index >= 15 is 0 Å². The summed E-state index contributed by atoms with van der Waals surface area (Å²) in [6.45, 7) is 7.68. The van der Waals surface area contributed by atoms with Gasteiger partial charge in [-0.2, -0.15) is 0 Å². The van der Waals surface area contributed by atoms with Gasteiger partial charge in [0.15, 0.2) is 5.78 Å². The number of aromatic carboxylic acids is 1. The minimum Gasteiger partial charge on any atom is -0.478 e. The smallest absolute Gasteiger partial charge is 0.339 e. The van der Waals surface area contributed by atoms with Crippen molar-refractivity contribution >= 4 is 40.8 Å². The molecule has 1 amide bonds. The van der Waals surface area contributed by atoms with E-state index in [1.807, 2.05) is 27.7 Å². The van der Waals surface area contributed by atoms with E-state index in [1.54, 1.807) is 29.2 Å². The van der Waals surface area contributed by atoms with Crippen LogP contribution < -0.4 is 10.2 Å². The third-order valence-electron chi connectivity index (χ3n) is 4.33. The van der Waals surface area contributed by atoms with Gasteiger partial charge in [0.05, 0.1) is 29.0 Å². The van der Waals surface area contributed by atoms with E-state index in [1.165, 1.54) is 12.3 Å². The van der Waals surface area contributed by atoms with E-state index in [0.29, 0.717) is 6.54 Å². The average molecular weight is 418 g/mol. The van der Waals surface area contributed by atoms with Crippen molar-refractivity contribution < 1.29 is 19.5 Å². The molecule has 0 fully saturated rings. The van der Waals surface area contributed by atoms with Gasteiger partial charge in [-0.25, -0.2) is 9.78 Å². The zero-order valence-electron chi connectivity index (χ0n) is 16.8. The van der Waals surface area contributed by atoms with Crippen LogP contribution in [0.25, 0.3) is 0 Å². The maximum Gasteiger partial charge on any atom is 0.339 e. The number of hydrogen-bond acceptors (Lipinski definition) is 5. The Balaban J connectivity index is 2.32. The largest absolute Gasteiger partial charge is 0.478 e. The van der Waals surface area contributed by atoms with Crippen LogP contribution >= 0.6 is 11.6 Å². The van der Waals surface area contributed by atoms with Crippen molar-refractivity contribution in [1.29, 1.82) is 0 Å². The second-order valence-corrected chi connectivity index (χ2v) is 7.93. The second-order valence-electron chi connectivity index (χ2n) is 7.52. The third kappa shape index (κ3) is 5.54. The van der Waals surface area contributed by atoms with Crippen molar-refractivity contribution in [1.82, 2.24) is 4.98 Å². The predicted octanol–water partition coefficient (Wildman–Crippen LogP) is 4.13. The summed E-state index contributed by atoms with van der Waals surface area (Å²) >= 11 is 6.03. The topological polar surface area (TPSA) is 99.6 Å². The first-order valence-electron chi connectivity index (χ1n) is 9.12. The number of rotatable bonds is 7. The first kappa shape index (κ1) is 22.4. The van der Waals surface area contributed by atoms with Crippen LogP contribution in [0.15, 0.2) is 36.5 Å². The van der Waals surface area contributed by atoms with Crippen molar-refractivity contribution in [3.05, 3.63) is 52.7 Å². The van der Waals surface area contributed by atoms with Crippen LogP contribution in [0.5, 0.6) is 0 Å². The maximum absolute atomic E-state index is 12.4. The van der Waals surface area contributed by atoms with Crippen LogP contribution in [-0.4, -0.2) is 40.8 Å². The molecule has 0 unspecified atom stereocenters. The van der Waals surface area contributed by atoms with Crippen LogP contribution in [0.3, 0.4) is 0 Å². The summed E-state index contributed by atoms with van der Waals surface area (Å²) in [6.07, 6.45) is 1.36. The Kier molecular flexibility index (Phi) is 6.97. The molecule has 154 valence electrons. The molecule has 7 nitrogen and oxygen atoms in total. The highest BCUT2D eigenvalue weighted by molar-refractivity contribution is 6.34. The van der Waals surface area contributed by atoms with Gasteiger partial charge < -0.3 is 15.3 Å².